The fourth-order valence-corrected chi connectivity index (χ4v) is 3.70. The van der Waals surface area contributed by atoms with E-state index < -0.39 is 10.9 Å². The standard InChI is InChI=1S/C21H22N4O4/c1-15-6-5-11-24-13-17(22-20(15)24)14-29-21(26)16-7-8-18(19(12-16)25(27)28)23-9-3-2-4-10-23/h5-8,11-13H,2-4,9-10,14H2,1H3. The molecule has 8 heteroatoms. The Morgan fingerprint density at radius 2 is 2.03 bits per heavy atom. The first kappa shape index (κ1) is 18.9. The molecule has 150 valence electrons. The van der Waals surface area contributed by atoms with Crippen LogP contribution < -0.4 is 4.90 Å². The highest BCUT2D eigenvalue weighted by atomic mass is 16.6. The molecule has 0 aliphatic carbocycles. The van der Waals surface area contributed by atoms with Crippen LogP contribution in [0.5, 0.6) is 0 Å². The van der Waals surface area contributed by atoms with Gasteiger partial charge < -0.3 is 14.0 Å². The van der Waals surface area contributed by atoms with Crippen LogP contribution in [0.15, 0.2) is 42.7 Å². The average molecular weight is 394 g/mol. The van der Waals surface area contributed by atoms with Crippen molar-refractivity contribution < 1.29 is 14.5 Å². The largest absolute Gasteiger partial charge is 0.456 e. The van der Waals surface area contributed by atoms with Crippen LogP contribution in [0.4, 0.5) is 11.4 Å². The predicted octanol–water partition coefficient (Wildman–Crippen LogP) is 3.90. The van der Waals surface area contributed by atoms with Gasteiger partial charge in [0, 0.05) is 31.5 Å². The molecule has 1 aliphatic heterocycles. The molecule has 0 bridgehead atoms. The second-order valence-electron chi connectivity index (χ2n) is 7.24. The molecule has 1 fully saturated rings. The Balaban J connectivity index is 1.51. The minimum absolute atomic E-state index is 0.00161. The van der Waals surface area contributed by atoms with Crippen LogP contribution in [-0.2, 0) is 11.3 Å². The van der Waals surface area contributed by atoms with Gasteiger partial charge in [0.05, 0.1) is 16.2 Å². The number of carbonyl (C=O) groups is 1. The number of aromatic nitrogens is 2. The second kappa shape index (κ2) is 7.90. The summed E-state index contributed by atoms with van der Waals surface area (Å²) in [6, 6.07) is 8.42. The lowest BCUT2D eigenvalue weighted by Crippen LogP contribution is -2.30. The maximum absolute atomic E-state index is 12.5. The van der Waals surface area contributed by atoms with Crippen molar-refractivity contribution >= 4 is 23.0 Å². The molecule has 1 aliphatic rings. The molecule has 0 unspecified atom stereocenters. The summed E-state index contributed by atoms with van der Waals surface area (Å²) in [7, 11) is 0. The van der Waals surface area contributed by atoms with Crippen molar-refractivity contribution in [3.05, 3.63) is 69.7 Å². The number of aryl methyl sites for hydroxylation is 1. The summed E-state index contributed by atoms with van der Waals surface area (Å²) in [6.07, 6.45) is 6.84. The molecular weight excluding hydrogens is 372 g/mol. The van der Waals surface area contributed by atoms with Gasteiger partial charge in [0.15, 0.2) is 0 Å². The Morgan fingerprint density at radius 3 is 2.76 bits per heavy atom. The van der Waals surface area contributed by atoms with Gasteiger partial charge in [0.25, 0.3) is 5.69 Å². The molecule has 4 rings (SSSR count). The van der Waals surface area contributed by atoms with Gasteiger partial charge in [-0.15, -0.1) is 0 Å². The summed E-state index contributed by atoms with van der Waals surface area (Å²) >= 11 is 0. The summed E-state index contributed by atoms with van der Waals surface area (Å²) in [6.45, 7) is 3.54. The van der Waals surface area contributed by atoms with Crippen LogP contribution in [0.25, 0.3) is 5.65 Å². The van der Waals surface area contributed by atoms with E-state index in [0.29, 0.717) is 11.4 Å². The molecule has 3 aromatic rings. The molecule has 3 heterocycles. The topological polar surface area (TPSA) is 90.0 Å². The highest BCUT2D eigenvalue weighted by Gasteiger charge is 2.23. The summed E-state index contributed by atoms with van der Waals surface area (Å²) in [5, 5.41) is 11.6. The quantitative estimate of drug-likeness (QED) is 0.370. The van der Waals surface area contributed by atoms with E-state index in [-0.39, 0.29) is 17.9 Å². The van der Waals surface area contributed by atoms with Crippen molar-refractivity contribution in [1.82, 2.24) is 9.38 Å². The number of fused-ring (bicyclic) bond motifs is 1. The van der Waals surface area contributed by atoms with E-state index >= 15 is 0 Å². The van der Waals surface area contributed by atoms with Gasteiger partial charge in [-0.05, 0) is 49.9 Å². The number of rotatable bonds is 5. The van der Waals surface area contributed by atoms with E-state index in [4.69, 9.17) is 4.74 Å². The van der Waals surface area contributed by atoms with Crippen LogP contribution in [0.3, 0.4) is 0 Å². The van der Waals surface area contributed by atoms with Crippen LogP contribution in [-0.4, -0.2) is 33.4 Å². The number of nitrogens with zero attached hydrogens (tertiary/aromatic N) is 4. The first-order valence-corrected chi connectivity index (χ1v) is 9.66. The van der Waals surface area contributed by atoms with Crippen molar-refractivity contribution in [2.24, 2.45) is 0 Å². The predicted molar refractivity (Wildman–Crippen MR) is 108 cm³/mol. The number of carbonyl (C=O) groups excluding carboxylic acids is 1. The average Bonchev–Trinajstić information content (AvgIpc) is 3.17. The number of anilines is 1. The zero-order valence-corrected chi connectivity index (χ0v) is 16.2. The number of imidazole rings is 1. The van der Waals surface area contributed by atoms with E-state index in [1.54, 1.807) is 18.3 Å². The third kappa shape index (κ3) is 3.91. The molecule has 2 aromatic heterocycles. The van der Waals surface area contributed by atoms with E-state index in [9.17, 15) is 14.9 Å². The molecule has 0 atom stereocenters. The molecule has 0 amide bonds. The van der Waals surface area contributed by atoms with Crippen molar-refractivity contribution in [2.75, 3.05) is 18.0 Å². The van der Waals surface area contributed by atoms with Gasteiger partial charge >= 0.3 is 5.97 Å². The lowest BCUT2D eigenvalue weighted by Gasteiger charge is -2.28. The van der Waals surface area contributed by atoms with E-state index in [0.717, 1.165) is 43.6 Å². The molecular formula is C21H22N4O4. The Hall–Kier alpha value is -3.42. The first-order chi connectivity index (χ1) is 14.0. The zero-order valence-electron chi connectivity index (χ0n) is 16.2. The lowest BCUT2D eigenvalue weighted by atomic mass is 10.1. The number of nitro groups is 1. The molecule has 0 N–H and O–H groups in total. The SMILES string of the molecule is Cc1cccn2cc(COC(=O)c3ccc(N4CCCCC4)c([N+](=O)[O-])c3)nc12. The van der Waals surface area contributed by atoms with Gasteiger partial charge in [0.1, 0.15) is 17.9 Å². The fraction of sp³-hybridized carbons (Fsp3) is 0.333. The number of piperidine rings is 1. The van der Waals surface area contributed by atoms with Gasteiger partial charge in [-0.25, -0.2) is 9.78 Å². The Labute approximate surface area is 167 Å². The number of hydrogen-bond acceptors (Lipinski definition) is 6. The summed E-state index contributed by atoms with van der Waals surface area (Å²) in [5.74, 6) is -0.605. The number of nitro benzene ring substituents is 1. The summed E-state index contributed by atoms with van der Waals surface area (Å²) in [4.78, 5) is 30.1. The van der Waals surface area contributed by atoms with Gasteiger partial charge in [0.2, 0.25) is 0 Å². The van der Waals surface area contributed by atoms with Crippen molar-refractivity contribution in [3.63, 3.8) is 0 Å². The van der Waals surface area contributed by atoms with E-state index in [2.05, 4.69) is 4.98 Å². The molecule has 8 nitrogen and oxygen atoms in total. The summed E-state index contributed by atoms with van der Waals surface area (Å²) in [5.41, 5.74) is 3.10. The number of hydrogen-bond donors (Lipinski definition) is 0. The number of benzene rings is 1. The van der Waals surface area contributed by atoms with Crippen LogP contribution >= 0.6 is 0 Å². The minimum atomic E-state index is -0.605. The van der Waals surface area contributed by atoms with Crippen LogP contribution in [0, 0.1) is 17.0 Å². The van der Waals surface area contributed by atoms with Crippen LogP contribution in [0.2, 0.25) is 0 Å². The maximum Gasteiger partial charge on any atom is 0.338 e. The molecule has 0 spiro atoms. The van der Waals surface area contributed by atoms with Gasteiger partial charge in [-0.2, -0.15) is 0 Å². The van der Waals surface area contributed by atoms with Gasteiger partial charge in [-0.3, -0.25) is 10.1 Å². The molecule has 1 aromatic carbocycles. The smallest absolute Gasteiger partial charge is 0.338 e. The van der Waals surface area contributed by atoms with E-state index in [1.807, 2.05) is 34.6 Å². The third-order valence-corrected chi connectivity index (χ3v) is 5.18. The van der Waals surface area contributed by atoms with Crippen molar-refractivity contribution in [3.8, 4) is 0 Å². The first-order valence-electron chi connectivity index (χ1n) is 9.66. The lowest BCUT2D eigenvalue weighted by molar-refractivity contribution is -0.384. The second-order valence-corrected chi connectivity index (χ2v) is 7.24. The highest BCUT2D eigenvalue weighted by Crippen LogP contribution is 2.31. The monoisotopic (exact) mass is 394 g/mol. The number of ether oxygens (including phenoxy) is 1. The number of esters is 1. The fourth-order valence-electron chi connectivity index (χ4n) is 3.70. The Bertz CT molecular complexity index is 1070. The highest BCUT2D eigenvalue weighted by molar-refractivity contribution is 5.91. The van der Waals surface area contributed by atoms with Crippen molar-refractivity contribution in [1.29, 1.82) is 0 Å². The maximum atomic E-state index is 12.5. The van der Waals surface area contributed by atoms with E-state index in [1.165, 1.54) is 6.07 Å². The van der Waals surface area contributed by atoms with Gasteiger partial charge in [-0.1, -0.05) is 6.07 Å². The Kier molecular flexibility index (Phi) is 5.16. The zero-order chi connectivity index (χ0) is 20.4. The molecule has 1 saturated heterocycles. The molecule has 0 radical (unpaired) electrons. The Morgan fingerprint density at radius 1 is 1.24 bits per heavy atom. The number of pyridine rings is 1. The van der Waals surface area contributed by atoms with Crippen molar-refractivity contribution in [2.45, 2.75) is 32.8 Å². The summed E-state index contributed by atoms with van der Waals surface area (Å²) < 4.78 is 7.22. The normalized spacial score (nSPS) is 14.2. The minimum Gasteiger partial charge on any atom is -0.456 e. The molecule has 29 heavy (non-hydrogen) atoms. The van der Waals surface area contributed by atoms with Crippen LogP contribution in [0.1, 0.15) is 40.9 Å². The third-order valence-electron chi connectivity index (χ3n) is 5.18. The molecule has 0 saturated carbocycles.